The Morgan fingerprint density at radius 2 is 2.33 bits per heavy atom. The molecule has 0 amide bonds. The first-order valence-corrected chi connectivity index (χ1v) is 6.44. The van der Waals surface area contributed by atoms with Gasteiger partial charge in [-0.2, -0.15) is 0 Å². The molecule has 0 unspecified atom stereocenters. The van der Waals surface area contributed by atoms with Crippen molar-refractivity contribution >= 4 is 33.8 Å². The Kier molecular flexibility index (Phi) is 4.20. The zero-order valence-electron chi connectivity index (χ0n) is 9.19. The first-order chi connectivity index (χ1) is 8.59. The van der Waals surface area contributed by atoms with Crippen LogP contribution in [0.2, 0.25) is 0 Å². The van der Waals surface area contributed by atoms with Gasteiger partial charge >= 0.3 is 0 Å². The Bertz CT molecular complexity index is 647. The number of rotatable bonds is 5. The number of H-pyrrole nitrogens is 1. The third-order valence-corrected chi connectivity index (χ3v) is 3.52. The lowest BCUT2D eigenvalue weighted by atomic mass is 10.4. The van der Waals surface area contributed by atoms with Crippen LogP contribution in [0, 0.1) is 4.77 Å². The molecule has 0 aliphatic rings. The molecule has 0 atom stereocenters. The molecular weight excluding hydrogens is 282 g/mol. The van der Waals surface area contributed by atoms with Crippen LogP contribution in [0.4, 0.5) is 8.78 Å². The third kappa shape index (κ3) is 2.82. The van der Waals surface area contributed by atoms with Crippen molar-refractivity contribution in [2.75, 3.05) is 13.2 Å². The predicted octanol–water partition coefficient (Wildman–Crippen LogP) is 2.40. The second-order valence-corrected chi connectivity index (χ2v) is 4.82. The molecule has 0 saturated carbocycles. The van der Waals surface area contributed by atoms with E-state index in [1.807, 2.05) is 0 Å². The van der Waals surface area contributed by atoms with Crippen LogP contribution in [-0.2, 0) is 11.3 Å². The van der Waals surface area contributed by atoms with Crippen LogP contribution in [0.25, 0.3) is 10.2 Å². The summed E-state index contributed by atoms with van der Waals surface area (Å²) in [6, 6.07) is 1.77. The van der Waals surface area contributed by atoms with Crippen LogP contribution in [0.1, 0.15) is 0 Å². The summed E-state index contributed by atoms with van der Waals surface area (Å²) < 4.78 is 30.6. The van der Waals surface area contributed by atoms with Gasteiger partial charge in [-0.3, -0.25) is 9.36 Å². The summed E-state index contributed by atoms with van der Waals surface area (Å²) in [6.07, 6.45) is -2.50. The lowest BCUT2D eigenvalue weighted by Gasteiger charge is -2.07. The van der Waals surface area contributed by atoms with Crippen LogP contribution in [0.3, 0.4) is 0 Å². The van der Waals surface area contributed by atoms with E-state index in [0.717, 1.165) is 0 Å². The highest BCUT2D eigenvalue weighted by molar-refractivity contribution is 7.71. The summed E-state index contributed by atoms with van der Waals surface area (Å²) >= 11 is 6.35. The van der Waals surface area contributed by atoms with Gasteiger partial charge < -0.3 is 9.72 Å². The molecule has 0 aromatic carbocycles. The lowest BCUT2D eigenvalue weighted by molar-refractivity contribution is 0.0144. The van der Waals surface area contributed by atoms with E-state index in [2.05, 4.69) is 4.98 Å². The van der Waals surface area contributed by atoms with Crippen LogP contribution in [-0.4, -0.2) is 29.2 Å². The van der Waals surface area contributed by atoms with Crippen molar-refractivity contribution < 1.29 is 13.5 Å². The first-order valence-electron chi connectivity index (χ1n) is 5.16. The van der Waals surface area contributed by atoms with Gasteiger partial charge in [-0.05, 0) is 23.7 Å². The second kappa shape index (κ2) is 5.68. The number of hydrogen-bond donors (Lipinski definition) is 1. The summed E-state index contributed by atoms with van der Waals surface area (Å²) in [4.78, 5) is 14.9. The van der Waals surface area contributed by atoms with Gasteiger partial charge in [-0.15, -0.1) is 11.3 Å². The number of aromatic nitrogens is 2. The number of aromatic amines is 1. The molecule has 4 nitrogen and oxygen atoms in total. The van der Waals surface area contributed by atoms with Crippen molar-refractivity contribution in [2.24, 2.45) is 0 Å². The van der Waals surface area contributed by atoms with E-state index >= 15 is 0 Å². The zero-order chi connectivity index (χ0) is 13.1. The summed E-state index contributed by atoms with van der Waals surface area (Å²) in [5.74, 6) is 0. The maximum atomic E-state index is 12.0. The number of ether oxygens (including phenoxy) is 1. The minimum absolute atomic E-state index is 0.0264. The highest BCUT2D eigenvalue weighted by Gasteiger charge is 2.07. The standard InChI is InChI=1S/C10H10F2N2O2S2/c11-7(12)5-16-3-2-14-9(15)8-6(1-4-18-8)13-10(14)17/h1,4,7H,2-3,5H2,(H,13,17). The Balaban J connectivity index is 2.17. The molecule has 0 aliphatic carbocycles. The largest absolute Gasteiger partial charge is 0.374 e. The fraction of sp³-hybridized carbons (Fsp3) is 0.400. The molecule has 2 aromatic heterocycles. The van der Waals surface area contributed by atoms with E-state index in [4.69, 9.17) is 17.0 Å². The highest BCUT2D eigenvalue weighted by atomic mass is 32.1. The predicted molar refractivity (Wildman–Crippen MR) is 68.1 cm³/mol. The molecule has 0 radical (unpaired) electrons. The average molecular weight is 292 g/mol. The molecule has 0 fully saturated rings. The highest BCUT2D eigenvalue weighted by Crippen LogP contribution is 2.13. The van der Waals surface area contributed by atoms with Crippen molar-refractivity contribution in [1.29, 1.82) is 0 Å². The van der Waals surface area contributed by atoms with E-state index < -0.39 is 13.0 Å². The number of nitrogens with one attached hydrogen (secondary N) is 1. The van der Waals surface area contributed by atoms with Crippen LogP contribution in [0.5, 0.6) is 0 Å². The monoisotopic (exact) mass is 292 g/mol. The molecule has 2 rings (SSSR count). The molecule has 8 heteroatoms. The lowest BCUT2D eigenvalue weighted by Crippen LogP contribution is -2.24. The number of fused-ring (bicyclic) bond motifs is 1. The number of halogens is 2. The summed E-state index contributed by atoms with van der Waals surface area (Å²) in [7, 11) is 0. The van der Waals surface area contributed by atoms with E-state index in [0.29, 0.717) is 10.2 Å². The van der Waals surface area contributed by atoms with Gasteiger partial charge in [0.1, 0.15) is 11.3 Å². The van der Waals surface area contributed by atoms with Gasteiger partial charge in [0.15, 0.2) is 4.77 Å². The van der Waals surface area contributed by atoms with Gasteiger partial charge in [0.05, 0.1) is 18.7 Å². The van der Waals surface area contributed by atoms with Gasteiger partial charge in [-0.25, -0.2) is 8.78 Å². The third-order valence-electron chi connectivity index (χ3n) is 2.29. The summed E-state index contributed by atoms with van der Waals surface area (Å²) in [5, 5.41) is 1.79. The second-order valence-electron chi connectivity index (χ2n) is 3.52. The SMILES string of the molecule is O=c1c2sccc2[nH]c(=S)n1CCOCC(F)F. The normalized spacial score (nSPS) is 11.5. The van der Waals surface area contributed by atoms with Crippen molar-refractivity contribution in [3.05, 3.63) is 26.6 Å². The number of thiophene rings is 1. The Labute approximate surface area is 110 Å². The molecule has 0 spiro atoms. The van der Waals surface area contributed by atoms with E-state index in [1.165, 1.54) is 15.9 Å². The van der Waals surface area contributed by atoms with Crippen molar-refractivity contribution in [2.45, 2.75) is 13.0 Å². The number of nitrogens with zero attached hydrogens (tertiary/aromatic N) is 1. The van der Waals surface area contributed by atoms with Crippen molar-refractivity contribution in [3.63, 3.8) is 0 Å². The van der Waals surface area contributed by atoms with Crippen molar-refractivity contribution in [3.8, 4) is 0 Å². The number of hydrogen-bond acceptors (Lipinski definition) is 4. The molecule has 1 N–H and O–H groups in total. The maximum Gasteiger partial charge on any atom is 0.272 e. The molecule has 0 saturated heterocycles. The first kappa shape index (κ1) is 13.3. The van der Waals surface area contributed by atoms with E-state index in [1.54, 1.807) is 11.4 Å². The van der Waals surface area contributed by atoms with Crippen LogP contribution in [0.15, 0.2) is 16.2 Å². The molecule has 2 heterocycles. The fourth-order valence-corrected chi connectivity index (χ4v) is 2.58. The van der Waals surface area contributed by atoms with Gasteiger partial charge in [0.2, 0.25) is 0 Å². The van der Waals surface area contributed by atoms with E-state index in [9.17, 15) is 13.6 Å². The molecule has 98 valence electrons. The maximum absolute atomic E-state index is 12.0. The van der Waals surface area contributed by atoms with Crippen molar-refractivity contribution in [1.82, 2.24) is 9.55 Å². The molecule has 0 aliphatic heterocycles. The van der Waals surface area contributed by atoms with Gasteiger partial charge in [0, 0.05) is 0 Å². The Hall–Kier alpha value is -1.12. The molecule has 0 bridgehead atoms. The molecule has 18 heavy (non-hydrogen) atoms. The summed E-state index contributed by atoms with van der Waals surface area (Å²) in [6.45, 7) is -0.445. The van der Waals surface area contributed by atoms with Crippen LogP contribution >= 0.6 is 23.6 Å². The minimum atomic E-state index is -2.50. The number of alkyl halides is 2. The quantitative estimate of drug-likeness (QED) is 0.680. The molecular formula is C10H10F2N2O2S2. The Morgan fingerprint density at radius 3 is 3.06 bits per heavy atom. The van der Waals surface area contributed by atoms with Gasteiger partial charge in [-0.1, -0.05) is 0 Å². The fourth-order valence-electron chi connectivity index (χ4n) is 1.50. The van der Waals surface area contributed by atoms with Crippen LogP contribution < -0.4 is 5.56 Å². The average Bonchev–Trinajstić information content (AvgIpc) is 2.75. The summed E-state index contributed by atoms with van der Waals surface area (Å²) in [5.41, 5.74) is 0.476. The smallest absolute Gasteiger partial charge is 0.272 e. The van der Waals surface area contributed by atoms with Gasteiger partial charge in [0.25, 0.3) is 12.0 Å². The zero-order valence-corrected chi connectivity index (χ0v) is 10.8. The topological polar surface area (TPSA) is 47.0 Å². The minimum Gasteiger partial charge on any atom is -0.374 e. The molecule has 2 aromatic rings. The Morgan fingerprint density at radius 1 is 1.56 bits per heavy atom. The van der Waals surface area contributed by atoms with E-state index in [-0.39, 0.29) is 23.5 Å².